The zero-order valence-electron chi connectivity index (χ0n) is 15.9. The van der Waals surface area contributed by atoms with Crippen molar-refractivity contribution in [1.29, 1.82) is 0 Å². The van der Waals surface area contributed by atoms with E-state index in [4.69, 9.17) is 0 Å². The fourth-order valence-electron chi connectivity index (χ4n) is 3.57. The van der Waals surface area contributed by atoms with Crippen molar-refractivity contribution in [2.24, 2.45) is 0 Å². The van der Waals surface area contributed by atoms with Crippen LogP contribution in [0.15, 0.2) is 30.5 Å². The molecular weight excluding hydrogens is 344 g/mol. The molecule has 2 N–H and O–H groups in total. The first-order chi connectivity index (χ1) is 12.9. The van der Waals surface area contributed by atoms with Crippen LogP contribution in [0.2, 0.25) is 0 Å². The second-order valence-electron chi connectivity index (χ2n) is 7.11. The summed E-state index contributed by atoms with van der Waals surface area (Å²) in [6, 6.07) is 4.94. The normalized spacial score (nSPS) is 19.0. The SMILES string of the molecule is C=C1CCC(N2Cc3c(CN(C)C(=O)NCCC)cccc3C2=O)C(=O)N1. The van der Waals surface area contributed by atoms with Gasteiger partial charge in [-0.15, -0.1) is 0 Å². The van der Waals surface area contributed by atoms with Crippen molar-refractivity contribution in [3.63, 3.8) is 0 Å². The van der Waals surface area contributed by atoms with E-state index in [2.05, 4.69) is 17.2 Å². The number of hydrogen-bond donors (Lipinski definition) is 2. The van der Waals surface area contributed by atoms with Crippen LogP contribution in [0.4, 0.5) is 4.79 Å². The van der Waals surface area contributed by atoms with Gasteiger partial charge in [-0.2, -0.15) is 0 Å². The third kappa shape index (κ3) is 3.82. The van der Waals surface area contributed by atoms with Crippen molar-refractivity contribution in [3.05, 3.63) is 47.2 Å². The van der Waals surface area contributed by atoms with Crippen molar-refractivity contribution in [3.8, 4) is 0 Å². The van der Waals surface area contributed by atoms with Crippen molar-refractivity contribution in [2.45, 2.75) is 45.3 Å². The number of carbonyl (C=O) groups is 3. The highest BCUT2D eigenvalue weighted by atomic mass is 16.2. The Morgan fingerprint density at radius 3 is 2.89 bits per heavy atom. The highest BCUT2D eigenvalue weighted by Gasteiger charge is 2.38. The van der Waals surface area contributed by atoms with Crippen molar-refractivity contribution >= 4 is 17.8 Å². The van der Waals surface area contributed by atoms with Crippen molar-refractivity contribution in [1.82, 2.24) is 20.4 Å². The molecule has 3 rings (SSSR count). The number of benzene rings is 1. The predicted molar refractivity (Wildman–Crippen MR) is 102 cm³/mol. The minimum atomic E-state index is -0.478. The molecule has 7 heteroatoms. The second kappa shape index (κ2) is 7.82. The molecule has 2 heterocycles. The maximum atomic E-state index is 12.9. The van der Waals surface area contributed by atoms with Crippen LogP contribution < -0.4 is 10.6 Å². The van der Waals surface area contributed by atoms with Crippen LogP contribution in [0.25, 0.3) is 0 Å². The molecule has 0 bridgehead atoms. The van der Waals surface area contributed by atoms with E-state index in [1.54, 1.807) is 22.9 Å². The molecule has 0 aromatic heterocycles. The molecule has 1 fully saturated rings. The lowest BCUT2D eigenvalue weighted by Gasteiger charge is -2.31. The summed E-state index contributed by atoms with van der Waals surface area (Å²) >= 11 is 0. The summed E-state index contributed by atoms with van der Waals surface area (Å²) in [6.07, 6.45) is 2.13. The molecule has 1 aromatic rings. The minimum Gasteiger partial charge on any atom is -0.338 e. The highest BCUT2D eigenvalue weighted by molar-refractivity contribution is 6.01. The van der Waals surface area contributed by atoms with E-state index in [0.29, 0.717) is 43.7 Å². The third-order valence-corrected chi connectivity index (χ3v) is 5.07. The molecule has 0 saturated carbocycles. The van der Waals surface area contributed by atoms with Crippen LogP contribution in [0.3, 0.4) is 0 Å². The van der Waals surface area contributed by atoms with Gasteiger partial charge >= 0.3 is 6.03 Å². The molecule has 144 valence electrons. The number of urea groups is 1. The van der Waals surface area contributed by atoms with Gasteiger partial charge < -0.3 is 20.4 Å². The summed E-state index contributed by atoms with van der Waals surface area (Å²) in [5, 5.41) is 5.59. The molecular formula is C20H26N4O3. The Morgan fingerprint density at radius 1 is 1.41 bits per heavy atom. The number of amides is 4. The molecule has 1 unspecified atom stereocenters. The van der Waals surface area contributed by atoms with Gasteiger partial charge in [-0.1, -0.05) is 25.6 Å². The minimum absolute atomic E-state index is 0.127. The van der Waals surface area contributed by atoms with Crippen LogP contribution in [-0.4, -0.2) is 47.3 Å². The molecule has 2 aliphatic heterocycles. The summed E-state index contributed by atoms with van der Waals surface area (Å²) in [6.45, 7) is 7.22. The van der Waals surface area contributed by atoms with E-state index < -0.39 is 6.04 Å². The number of piperidine rings is 1. The fraction of sp³-hybridized carbons (Fsp3) is 0.450. The first-order valence-corrected chi connectivity index (χ1v) is 9.31. The van der Waals surface area contributed by atoms with Crippen molar-refractivity contribution in [2.75, 3.05) is 13.6 Å². The maximum Gasteiger partial charge on any atom is 0.317 e. The number of fused-ring (bicyclic) bond motifs is 1. The molecule has 1 atom stereocenters. The fourth-order valence-corrected chi connectivity index (χ4v) is 3.57. The van der Waals surface area contributed by atoms with Crippen LogP contribution in [0.5, 0.6) is 0 Å². The Bertz CT molecular complexity index is 789. The van der Waals surface area contributed by atoms with Gasteiger partial charge in [0.05, 0.1) is 0 Å². The molecule has 7 nitrogen and oxygen atoms in total. The molecule has 0 aliphatic carbocycles. The average Bonchev–Trinajstić information content (AvgIpc) is 2.97. The van der Waals surface area contributed by atoms with Gasteiger partial charge in [0, 0.05) is 37.9 Å². The van der Waals surface area contributed by atoms with Gasteiger partial charge in [-0.05, 0) is 36.5 Å². The number of nitrogens with zero attached hydrogens (tertiary/aromatic N) is 2. The molecule has 2 aliphatic rings. The number of nitrogens with one attached hydrogen (secondary N) is 2. The third-order valence-electron chi connectivity index (χ3n) is 5.07. The molecule has 4 amide bonds. The Labute approximate surface area is 159 Å². The Balaban J connectivity index is 1.76. The van der Waals surface area contributed by atoms with Gasteiger partial charge in [0.1, 0.15) is 6.04 Å². The van der Waals surface area contributed by atoms with Gasteiger partial charge in [0.2, 0.25) is 5.91 Å². The van der Waals surface area contributed by atoms with E-state index in [-0.39, 0.29) is 17.8 Å². The highest BCUT2D eigenvalue weighted by Crippen LogP contribution is 2.30. The van der Waals surface area contributed by atoms with Crippen LogP contribution in [-0.2, 0) is 17.9 Å². The molecule has 1 saturated heterocycles. The van der Waals surface area contributed by atoms with Gasteiger partial charge in [0.25, 0.3) is 5.91 Å². The maximum absolute atomic E-state index is 12.9. The smallest absolute Gasteiger partial charge is 0.317 e. The number of rotatable bonds is 5. The zero-order chi connectivity index (χ0) is 19.6. The van der Waals surface area contributed by atoms with E-state index >= 15 is 0 Å². The van der Waals surface area contributed by atoms with Crippen molar-refractivity contribution < 1.29 is 14.4 Å². The summed E-state index contributed by atoms with van der Waals surface area (Å²) in [5.74, 6) is -0.303. The Kier molecular flexibility index (Phi) is 5.48. The molecule has 27 heavy (non-hydrogen) atoms. The van der Waals surface area contributed by atoms with E-state index in [1.807, 2.05) is 19.1 Å². The lowest BCUT2D eigenvalue weighted by atomic mass is 10.0. The number of allylic oxidation sites excluding steroid dienone is 1. The number of carbonyl (C=O) groups excluding carboxylic acids is 3. The summed E-state index contributed by atoms with van der Waals surface area (Å²) in [4.78, 5) is 40.6. The summed E-state index contributed by atoms with van der Waals surface area (Å²) in [7, 11) is 1.74. The van der Waals surface area contributed by atoms with Crippen LogP contribution in [0.1, 0.15) is 47.7 Å². The Hall–Kier alpha value is -2.83. The molecule has 1 aromatic carbocycles. The van der Waals surface area contributed by atoms with Crippen LogP contribution >= 0.6 is 0 Å². The standard InChI is InChI=1S/C20H26N4O3/c1-4-10-21-20(27)23(3)11-14-6-5-7-15-16(14)12-24(19(15)26)17-9-8-13(2)22-18(17)25/h5-7,17H,2,4,8-12H2,1,3H3,(H,21,27)(H,22,25). The number of hydrogen-bond acceptors (Lipinski definition) is 3. The monoisotopic (exact) mass is 370 g/mol. The quantitative estimate of drug-likeness (QED) is 0.832. The lowest BCUT2D eigenvalue weighted by Crippen LogP contribution is -2.49. The van der Waals surface area contributed by atoms with Gasteiger partial charge in [-0.3, -0.25) is 9.59 Å². The molecule has 0 radical (unpaired) electrons. The average molecular weight is 370 g/mol. The van der Waals surface area contributed by atoms with E-state index in [0.717, 1.165) is 17.5 Å². The predicted octanol–water partition coefficient (Wildman–Crippen LogP) is 1.99. The van der Waals surface area contributed by atoms with E-state index in [9.17, 15) is 14.4 Å². The van der Waals surface area contributed by atoms with E-state index in [1.165, 1.54) is 0 Å². The molecule has 0 spiro atoms. The first-order valence-electron chi connectivity index (χ1n) is 9.31. The second-order valence-corrected chi connectivity index (χ2v) is 7.11. The summed E-state index contributed by atoms with van der Waals surface area (Å²) < 4.78 is 0. The Morgan fingerprint density at radius 2 is 2.19 bits per heavy atom. The largest absolute Gasteiger partial charge is 0.338 e. The van der Waals surface area contributed by atoms with Crippen LogP contribution in [0, 0.1) is 0 Å². The topological polar surface area (TPSA) is 81.8 Å². The van der Waals surface area contributed by atoms with Gasteiger partial charge in [-0.25, -0.2) is 4.79 Å². The first kappa shape index (κ1) is 18.9. The lowest BCUT2D eigenvalue weighted by molar-refractivity contribution is -0.126. The van der Waals surface area contributed by atoms with Gasteiger partial charge in [0.15, 0.2) is 0 Å². The zero-order valence-corrected chi connectivity index (χ0v) is 15.9. The summed E-state index contributed by atoms with van der Waals surface area (Å²) in [5.41, 5.74) is 3.14.